The standard InChI is InChI=1S/C13H26N2/c1-13(2,3)12-10-15(8-7-14-12)9-11-5-4-6-11/h11-12,14H,4-10H2,1-3H3. The normalized spacial score (nSPS) is 30.2. The van der Waals surface area contributed by atoms with Crippen LogP contribution in [-0.4, -0.2) is 37.1 Å². The molecule has 0 spiro atoms. The first kappa shape index (κ1) is 11.4. The largest absolute Gasteiger partial charge is 0.311 e. The van der Waals surface area contributed by atoms with Crippen molar-refractivity contribution < 1.29 is 0 Å². The number of rotatable bonds is 2. The summed E-state index contributed by atoms with van der Waals surface area (Å²) in [5.41, 5.74) is 0.401. The third kappa shape index (κ3) is 2.94. The highest BCUT2D eigenvalue weighted by molar-refractivity contribution is 4.88. The third-order valence-corrected chi connectivity index (χ3v) is 4.05. The van der Waals surface area contributed by atoms with Crippen LogP contribution in [0.3, 0.4) is 0 Å². The second kappa shape index (κ2) is 4.42. The van der Waals surface area contributed by atoms with Crippen molar-refractivity contribution in [2.45, 2.75) is 46.1 Å². The quantitative estimate of drug-likeness (QED) is 0.751. The molecule has 0 aromatic heterocycles. The summed E-state index contributed by atoms with van der Waals surface area (Å²) < 4.78 is 0. The van der Waals surface area contributed by atoms with Gasteiger partial charge in [-0.25, -0.2) is 0 Å². The minimum atomic E-state index is 0.401. The van der Waals surface area contributed by atoms with Gasteiger partial charge in [0.2, 0.25) is 0 Å². The predicted octanol–water partition coefficient (Wildman–Crippen LogP) is 2.11. The van der Waals surface area contributed by atoms with E-state index in [2.05, 4.69) is 31.0 Å². The van der Waals surface area contributed by atoms with Crippen molar-refractivity contribution in [3.8, 4) is 0 Å². The van der Waals surface area contributed by atoms with Crippen LogP contribution < -0.4 is 5.32 Å². The zero-order chi connectivity index (χ0) is 10.9. The first-order chi connectivity index (χ1) is 7.05. The fourth-order valence-electron chi connectivity index (χ4n) is 2.60. The van der Waals surface area contributed by atoms with E-state index >= 15 is 0 Å². The van der Waals surface area contributed by atoms with Gasteiger partial charge in [0.15, 0.2) is 0 Å². The summed E-state index contributed by atoms with van der Waals surface area (Å²) >= 11 is 0. The molecule has 2 rings (SSSR count). The van der Waals surface area contributed by atoms with Gasteiger partial charge in [0.05, 0.1) is 0 Å². The Morgan fingerprint density at radius 1 is 1.27 bits per heavy atom. The lowest BCUT2D eigenvalue weighted by molar-refractivity contribution is 0.102. The van der Waals surface area contributed by atoms with Crippen LogP contribution in [-0.2, 0) is 0 Å². The third-order valence-electron chi connectivity index (χ3n) is 4.05. The minimum absolute atomic E-state index is 0.401. The molecule has 88 valence electrons. The lowest BCUT2D eigenvalue weighted by Gasteiger charge is -2.42. The van der Waals surface area contributed by atoms with E-state index in [-0.39, 0.29) is 0 Å². The second-order valence-corrected chi connectivity index (χ2v) is 6.43. The van der Waals surface area contributed by atoms with Crippen molar-refractivity contribution in [3.05, 3.63) is 0 Å². The van der Waals surface area contributed by atoms with Crippen molar-refractivity contribution in [1.29, 1.82) is 0 Å². The van der Waals surface area contributed by atoms with E-state index in [4.69, 9.17) is 0 Å². The van der Waals surface area contributed by atoms with Gasteiger partial charge in [-0.2, -0.15) is 0 Å². The van der Waals surface area contributed by atoms with Crippen LogP contribution in [0, 0.1) is 11.3 Å². The lowest BCUT2D eigenvalue weighted by Crippen LogP contribution is -2.56. The maximum atomic E-state index is 3.66. The van der Waals surface area contributed by atoms with Crippen LogP contribution in [0.1, 0.15) is 40.0 Å². The van der Waals surface area contributed by atoms with Gasteiger partial charge in [0.1, 0.15) is 0 Å². The molecule has 1 aliphatic carbocycles. The summed E-state index contributed by atoms with van der Waals surface area (Å²) in [6.45, 7) is 12.1. The van der Waals surface area contributed by atoms with E-state index < -0.39 is 0 Å². The SMILES string of the molecule is CC(C)(C)C1CN(CC2CCC2)CCN1. The van der Waals surface area contributed by atoms with Crippen LogP contribution in [0.5, 0.6) is 0 Å². The molecule has 2 aliphatic rings. The van der Waals surface area contributed by atoms with Crippen molar-refractivity contribution in [2.24, 2.45) is 11.3 Å². The van der Waals surface area contributed by atoms with Crippen molar-refractivity contribution in [2.75, 3.05) is 26.2 Å². The summed E-state index contributed by atoms with van der Waals surface area (Å²) in [5, 5.41) is 3.66. The number of hydrogen-bond acceptors (Lipinski definition) is 2. The minimum Gasteiger partial charge on any atom is -0.311 e. The second-order valence-electron chi connectivity index (χ2n) is 6.43. The lowest BCUT2D eigenvalue weighted by atomic mass is 9.83. The molecule has 1 heterocycles. The predicted molar refractivity (Wildman–Crippen MR) is 65.0 cm³/mol. The molecule has 1 atom stereocenters. The van der Waals surface area contributed by atoms with Crippen molar-refractivity contribution in [1.82, 2.24) is 10.2 Å². The Morgan fingerprint density at radius 3 is 2.53 bits per heavy atom. The van der Waals surface area contributed by atoms with E-state index in [0.717, 1.165) is 5.92 Å². The summed E-state index contributed by atoms with van der Waals surface area (Å²) in [5.74, 6) is 1.02. The van der Waals surface area contributed by atoms with Gasteiger partial charge >= 0.3 is 0 Å². The smallest absolute Gasteiger partial charge is 0.0244 e. The van der Waals surface area contributed by atoms with E-state index in [1.54, 1.807) is 0 Å². The first-order valence-electron chi connectivity index (χ1n) is 6.51. The fourth-order valence-corrected chi connectivity index (χ4v) is 2.60. The monoisotopic (exact) mass is 210 g/mol. The summed E-state index contributed by atoms with van der Waals surface area (Å²) in [6.07, 6.45) is 4.42. The molecule has 0 bridgehead atoms. The van der Waals surface area contributed by atoms with Crippen molar-refractivity contribution in [3.63, 3.8) is 0 Å². The molecule has 2 heteroatoms. The van der Waals surface area contributed by atoms with Crippen LogP contribution in [0.25, 0.3) is 0 Å². The first-order valence-corrected chi connectivity index (χ1v) is 6.51. The average Bonchev–Trinajstić information content (AvgIpc) is 2.11. The maximum absolute atomic E-state index is 3.66. The molecule has 1 aliphatic heterocycles. The number of piperazine rings is 1. The summed E-state index contributed by atoms with van der Waals surface area (Å²) in [4.78, 5) is 2.68. The number of nitrogens with zero attached hydrogens (tertiary/aromatic N) is 1. The molecule has 1 N–H and O–H groups in total. The van der Waals surface area contributed by atoms with Gasteiger partial charge in [-0.1, -0.05) is 27.2 Å². The zero-order valence-electron chi connectivity index (χ0n) is 10.6. The highest BCUT2D eigenvalue weighted by Gasteiger charge is 2.30. The van der Waals surface area contributed by atoms with E-state index in [0.29, 0.717) is 11.5 Å². The molecule has 2 nitrogen and oxygen atoms in total. The van der Waals surface area contributed by atoms with Crippen molar-refractivity contribution >= 4 is 0 Å². The average molecular weight is 210 g/mol. The topological polar surface area (TPSA) is 15.3 Å². The zero-order valence-corrected chi connectivity index (χ0v) is 10.6. The summed E-state index contributed by atoms with van der Waals surface area (Å²) in [6, 6.07) is 0.673. The van der Waals surface area contributed by atoms with Crippen LogP contribution >= 0.6 is 0 Å². The Kier molecular flexibility index (Phi) is 3.36. The maximum Gasteiger partial charge on any atom is 0.0244 e. The fraction of sp³-hybridized carbons (Fsp3) is 1.00. The summed E-state index contributed by atoms with van der Waals surface area (Å²) in [7, 11) is 0. The Balaban J connectivity index is 1.81. The van der Waals surface area contributed by atoms with Gasteiger partial charge in [0, 0.05) is 32.2 Å². The van der Waals surface area contributed by atoms with Crippen LogP contribution in [0.15, 0.2) is 0 Å². The molecule has 1 saturated heterocycles. The molecular formula is C13H26N2. The van der Waals surface area contributed by atoms with Gasteiger partial charge in [-0.3, -0.25) is 0 Å². The molecule has 0 amide bonds. The molecule has 1 saturated carbocycles. The van der Waals surface area contributed by atoms with E-state index in [9.17, 15) is 0 Å². The Bertz CT molecular complexity index is 203. The highest BCUT2D eigenvalue weighted by Crippen LogP contribution is 2.28. The Hall–Kier alpha value is -0.0800. The van der Waals surface area contributed by atoms with Crippen LogP contribution in [0.4, 0.5) is 0 Å². The molecular weight excluding hydrogens is 184 g/mol. The molecule has 2 fully saturated rings. The highest BCUT2D eigenvalue weighted by atomic mass is 15.2. The molecule has 15 heavy (non-hydrogen) atoms. The van der Waals surface area contributed by atoms with Gasteiger partial charge in [-0.15, -0.1) is 0 Å². The molecule has 0 radical (unpaired) electrons. The molecule has 0 aromatic rings. The molecule has 1 unspecified atom stereocenters. The Labute approximate surface area is 94.4 Å². The van der Waals surface area contributed by atoms with E-state index in [1.807, 2.05) is 0 Å². The number of hydrogen-bond donors (Lipinski definition) is 1. The molecule has 0 aromatic carbocycles. The number of nitrogens with one attached hydrogen (secondary N) is 1. The van der Waals surface area contributed by atoms with Gasteiger partial charge < -0.3 is 10.2 Å². The van der Waals surface area contributed by atoms with Gasteiger partial charge in [-0.05, 0) is 24.2 Å². The Morgan fingerprint density at radius 2 is 2.00 bits per heavy atom. The van der Waals surface area contributed by atoms with Gasteiger partial charge in [0.25, 0.3) is 0 Å². The van der Waals surface area contributed by atoms with E-state index in [1.165, 1.54) is 45.4 Å². The van der Waals surface area contributed by atoms with Crippen LogP contribution in [0.2, 0.25) is 0 Å².